The van der Waals surface area contributed by atoms with Gasteiger partial charge in [-0.05, 0) is 53.6 Å². The van der Waals surface area contributed by atoms with Gasteiger partial charge in [-0.3, -0.25) is 19.8 Å². The van der Waals surface area contributed by atoms with Crippen molar-refractivity contribution in [2.75, 3.05) is 17.3 Å². The first kappa shape index (κ1) is 31.0. The number of anilines is 2. The molecule has 0 bridgehead atoms. The molecular weight excluding hydrogens is 557 g/mol. The first-order chi connectivity index (χ1) is 19.6. The Morgan fingerprint density at radius 1 is 1.00 bits per heavy atom. The molecule has 0 aromatic heterocycles. The van der Waals surface area contributed by atoms with Crippen molar-refractivity contribution in [2.45, 2.75) is 26.4 Å². The minimum Gasteiger partial charge on any atom is -0.507 e. The summed E-state index contributed by atoms with van der Waals surface area (Å²) in [6, 6.07) is 9.90. The maximum absolute atomic E-state index is 14.2. The average molecular weight is 581 g/mol. The molecule has 3 rings (SSSR count). The van der Waals surface area contributed by atoms with Gasteiger partial charge in [0, 0.05) is 37.2 Å². The normalized spacial score (nSPS) is 10.9. The lowest BCUT2D eigenvalue weighted by Gasteiger charge is -2.21. The van der Waals surface area contributed by atoms with Gasteiger partial charge in [0.2, 0.25) is 5.91 Å². The highest BCUT2D eigenvalue weighted by Gasteiger charge is 2.36. The van der Waals surface area contributed by atoms with Crippen molar-refractivity contribution < 1.29 is 42.6 Å². The van der Waals surface area contributed by atoms with Crippen LogP contribution < -0.4 is 10.2 Å². The van der Waals surface area contributed by atoms with Gasteiger partial charge in [-0.1, -0.05) is 13.0 Å². The summed E-state index contributed by atoms with van der Waals surface area (Å²) >= 11 is 0. The quantitative estimate of drug-likeness (QED) is 0.209. The number of carbonyl (C=O) groups excluding carboxylic acids is 3. The molecule has 42 heavy (non-hydrogen) atoms. The average Bonchev–Trinajstić information content (AvgIpc) is 2.94. The molecule has 4 N–H and O–H groups in total. The molecule has 10 nitrogen and oxygen atoms in total. The van der Waals surface area contributed by atoms with Gasteiger partial charge in [0.15, 0.2) is 5.78 Å². The predicted molar refractivity (Wildman–Crippen MR) is 146 cm³/mol. The molecule has 0 radical (unpaired) electrons. The standard InChI is InChI=1S/C29H23F3N4O6/c1-4-24(38)19-11-21(26(34)27(40)35-23-8-5-15(13-33)9-20(23)28(41)42)25(39)12-18(19)17-7-6-16(36(3)14(2)37)10-22(17)29(30,31)32/h5-12,34,39H,4H2,1-3H3,(H,35,40)(H,41,42). The largest absolute Gasteiger partial charge is 0.507 e. The van der Waals surface area contributed by atoms with Gasteiger partial charge in [0.25, 0.3) is 5.91 Å². The van der Waals surface area contributed by atoms with Gasteiger partial charge in [-0.15, -0.1) is 0 Å². The second-order valence-electron chi connectivity index (χ2n) is 9.00. The summed E-state index contributed by atoms with van der Waals surface area (Å²) in [7, 11) is 1.29. The van der Waals surface area contributed by atoms with Crippen molar-refractivity contribution in [2.24, 2.45) is 0 Å². The summed E-state index contributed by atoms with van der Waals surface area (Å²) in [4.78, 5) is 50.1. The molecule has 0 saturated heterocycles. The number of carboxylic acid groups (broad SMARTS) is 1. The molecule has 2 amide bonds. The Morgan fingerprint density at radius 3 is 2.21 bits per heavy atom. The molecule has 0 atom stereocenters. The number of carboxylic acids is 1. The topological polar surface area (TPSA) is 172 Å². The Hall–Kier alpha value is -5.51. The molecule has 0 aliphatic carbocycles. The number of aromatic hydroxyl groups is 1. The lowest BCUT2D eigenvalue weighted by Crippen LogP contribution is -2.25. The van der Waals surface area contributed by atoms with Crippen LogP contribution in [0.5, 0.6) is 5.75 Å². The van der Waals surface area contributed by atoms with Crippen LogP contribution in [0.4, 0.5) is 24.5 Å². The van der Waals surface area contributed by atoms with Crippen LogP contribution in [-0.2, 0) is 15.8 Å². The second kappa shape index (κ2) is 11.9. The highest BCUT2D eigenvalue weighted by atomic mass is 19.4. The third kappa shape index (κ3) is 6.28. The molecule has 0 aliphatic rings. The number of nitrogens with zero attached hydrogens (tertiary/aromatic N) is 2. The molecule has 3 aromatic rings. The summed E-state index contributed by atoms with van der Waals surface area (Å²) in [6.07, 6.45) is -5.10. The summed E-state index contributed by atoms with van der Waals surface area (Å²) in [5.41, 5.74) is -4.51. The van der Waals surface area contributed by atoms with E-state index < -0.39 is 63.5 Å². The van der Waals surface area contributed by atoms with E-state index in [2.05, 4.69) is 5.32 Å². The van der Waals surface area contributed by atoms with E-state index in [0.29, 0.717) is 0 Å². The molecule has 0 aliphatic heterocycles. The SMILES string of the molecule is CCC(=O)c1cc(C(=N)C(=O)Nc2ccc(C#N)cc2C(=O)O)c(O)cc1-c1ccc(N(C)C(C)=O)cc1C(F)(F)F. The van der Waals surface area contributed by atoms with Crippen molar-refractivity contribution in [3.05, 3.63) is 76.3 Å². The third-order valence-electron chi connectivity index (χ3n) is 6.34. The van der Waals surface area contributed by atoms with Crippen LogP contribution in [0.3, 0.4) is 0 Å². The van der Waals surface area contributed by atoms with Crippen LogP contribution in [0.2, 0.25) is 0 Å². The maximum atomic E-state index is 14.2. The van der Waals surface area contributed by atoms with E-state index in [1.807, 2.05) is 0 Å². The van der Waals surface area contributed by atoms with Crippen LogP contribution in [0.25, 0.3) is 11.1 Å². The number of nitrogens with one attached hydrogen (secondary N) is 2. The Bertz CT molecular complexity index is 1690. The maximum Gasteiger partial charge on any atom is 0.417 e. The van der Waals surface area contributed by atoms with Gasteiger partial charge >= 0.3 is 12.1 Å². The Labute approximate surface area is 237 Å². The highest BCUT2D eigenvalue weighted by molar-refractivity contribution is 6.48. The van der Waals surface area contributed by atoms with Crippen LogP contribution in [0.1, 0.15) is 57.7 Å². The van der Waals surface area contributed by atoms with Crippen molar-refractivity contribution in [3.63, 3.8) is 0 Å². The summed E-state index contributed by atoms with van der Waals surface area (Å²) < 4.78 is 42.5. The molecule has 216 valence electrons. The Kier molecular flexibility index (Phi) is 8.81. The van der Waals surface area contributed by atoms with Crippen LogP contribution in [0.15, 0.2) is 48.5 Å². The molecule has 3 aromatic carbocycles. The van der Waals surface area contributed by atoms with Crippen LogP contribution in [0, 0.1) is 16.7 Å². The Balaban J connectivity index is 2.14. The zero-order valence-electron chi connectivity index (χ0n) is 22.4. The van der Waals surface area contributed by atoms with Crippen molar-refractivity contribution in [1.82, 2.24) is 0 Å². The van der Waals surface area contributed by atoms with Crippen LogP contribution >= 0.6 is 0 Å². The fraction of sp³-hybridized carbons (Fsp3) is 0.172. The number of benzene rings is 3. The number of carbonyl (C=O) groups is 4. The number of ketones is 1. The number of halogens is 3. The minimum atomic E-state index is -4.93. The van der Waals surface area contributed by atoms with Crippen molar-refractivity contribution in [1.29, 1.82) is 10.7 Å². The van der Waals surface area contributed by atoms with E-state index >= 15 is 0 Å². The fourth-order valence-corrected chi connectivity index (χ4v) is 4.03. The number of Topliss-reactive ketones (excluding diaryl/α,β-unsaturated/α-hetero) is 1. The number of alkyl halides is 3. The van der Waals surface area contributed by atoms with Gasteiger partial charge in [0.05, 0.1) is 28.4 Å². The molecular formula is C29H23F3N4O6. The number of aromatic carboxylic acids is 1. The molecule has 0 spiro atoms. The van der Waals surface area contributed by atoms with E-state index in [-0.39, 0.29) is 34.5 Å². The number of rotatable bonds is 8. The Morgan fingerprint density at radius 2 is 1.67 bits per heavy atom. The third-order valence-corrected chi connectivity index (χ3v) is 6.34. The zero-order chi connectivity index (χ0) is 31.5. The lowest BCUT2D eigenvalue weighted by atomic mass is 9.89. The predicted octanol–water partition coefficient (Wildman–Crippen LogP) is 5.23. The van der Waals surface area contributed by atoms with Crippen molar-refractivity contribution >= 4 is 40.7 Å². The zero-order valence-corrected chi connectivity index (χ0v) is 22.4. The monoisotopic (exact) mass is 580 g/mol. The first-order valence-corrected chi connectivity index (χ1v) is 12.1. The van der Waals surface area contributed by atoms with E-state index in [4.69, 9.17) is 10.7 Å². The molecule has 0 fully saturated rings. The fourth-order valence-electron chi connectivity index (χ4n) is 4.03. The van der Waals surface area contributed by atoms with Gasteiger partial charge in [0.1, 0.15) is 11.5 Å². The summed E-state index contributed by atoms with van der Waals surface area (Å²) in [5.74, 6) is -4.65. The number of phenols is 1. The number of hydrogen-bond donors (Lipinski definition) is 4. The number of phenolic OH excluding ortho intramolecular Hbond substituents is 1. The van der Waals surface area contributed by atoms with Crippen LogP contribution in [-0.4, -0.2) is 46.5 Å². The first-order valence-electron chi connectivity index (χ1n) is 12.1. The number of amides is 2. The second-order valence-corrected chi connectivity index (χ2v) is 9.00. The smallest absolute Gasteiger partial charge is 0.417 e. The number of nitriles is 1. The molecule has 0 unspecified atom stereocenters. The van der Waals surface area contributed by atoms with Gasteiger partial charge < -0.3 is 20.4 Å². The molecule has 0 saturated carbocycles. The molecule has 0 heterocycles. The van der Waals surface area contributed by atoms with E-state index in [0.717, 1.165) is 41.3 Å². The lowest BCUT2D eigenvalue weighted by molar-refractivity contribution is -0.137. The summed E-state index contributed by atoms with van der Waals surface area (Å²) in [5, 5.41) is 39.7. The van der Waals surface area contributed by atoms with E-state index in [9.17, 15) is 42.6 Å². The molecule has 13 heteroatoms. The minimum absolute atomic E-state index is 0.00405. The van der Waals surface area contributed by atoms with Crippen molar-refractivity contribution in [3.8, 4) is 22.9 Å². The van der Waals surface area contributed by atoms with Gasteiger partial charge in [-0.2, -0.15) is 18.4 Å². The van der Waals surface area contributed by atoms with Gasteiger partial charge in [-0.25, -0.2) is 4.79 Å². The van der Waals surface area contributed by atoms with E-state index in [1.54, 1.807) is 6.07 Å². The summed E-state index contributed by atoms with van der Waals surface area (Å²) in [6.45, 7) is 2.62. The highest BCUT2D eigenvalue weighted by Crippen LogP contribution is 2.42. The van der Waals surface area contributed by atoms with E-state index in [1.165, 1.54) is 33.0 Å². The number of hydrogen-bond acceptors (Lipinski definition) is 7.